The van der Waals surface area contributed by atoms with E-state index in [2.05, 4.69) is 10.0 Å². The van der Waals surface area contributed by atoms with E-state index in [9.17, 15) is 22.9 Å². The number of sulfonamides is 1. The number of nitro groups is 1. The average Bonchev–Trinajstić information content (AvgIpc) is 2.71. The lowest BCUT2D eigenvalue weighted by molar-refractivity contribution is -0.383. The van der Waals surface area contributed by atoms with Crippen LogP contribution in [0.1, 0.15) is 11.1 Å². The molecule has 0 unspecified atom stereocenters. The lowest BCUT2D eigenvalue weighted by Gasteiger charge is -2.13. The lowest BCUT2D eigenvalue weighted by Crippen LogP contribution is -2.15. The fourth-order valence-corrected chi connectivity index (χ4v) is 4.06. The predicted octanol–water partition coefficient (Wildman–Crippen LogP) is 4.46. The highest BCUT2D eigenvalue weighted by molar-refractivity contribution is 7.92. The molecule has 0 aromatic heterocycles. The van der Waals surface area contributed by atoms with Gasteiger partial charge in [-0.05, 0) is 48.9 Å². The average molecular weight is 426 g/mol. The first-order valence-electron chi connectivity index (χ1n) is 8.55. The van der Waals surface area contributed by atoms with Crippen LogP contribution >= 0.6 is 0 Å². The Morgan fingerprint density at radius 1 is 1.07 bits per heavy atom. The van der Waals surface area contributed by atoms with Gasteiger partial charge in [0.2, 0.25) is 0 Å². The molecule has 0 aliphatic heterocycles. The molecule has 10 heteroatoms. The fourth-order valence-electron chi connectivity index (χ4n) is 2.72. The molecular formula is C20H15FN4O4S. The van der Waals surface area contributed by atoms with Gasteiger partial charge in [0.15, 0.2) is 0 Å². The van der Waals surface area contributed by atoms with Gasteiger partial charge in [-0.3, -0.25) is 14.8 Å². The number of hydrogen-bond acceptors (Lipinski definition) is 6. The zero-order valence-electron chi connectivity index (χ0n) is 15.6. The maximum atomic E-state index is 13.9. The molecule has 0 saturated heterocycles. The van der Waals surface area contributed by atoms with Crippen molar-refractivity contribution in [3.63, 3.8) is 0 Å². The number of nitrogens with one attached hydrogen (secondary N) is 2. The first-order valence-corrected chi connectivity index (χ1v) is 10.0. The highest BCUT2D eigenvalue weighted by Crippen LogP contribution is 2.31. The highest BCUT2D eigenvalue weighted by atomic mass is 32.2. The second-order valence-electron chi connectivity index (χ2n) is 6.29. The number of halogens is 1. The van der Waals surface area contributed by atoms with Crippen LogP contribution in [0.3, 0.4) is 0 Å². The maximum Gasteiger partial charge on any atom is 0.293 e. The zero-order chi connectivity index (χ0) is 21.9. The van der Waals surface area contributed by atoms with Crippen molar-refractivity contribution < 1.29 is 17.7 Å². The molecule has 3 rings (SSSR count). The number of anilines is 3. The topological polar surface area (TPSA) is 125 Å². The quantitative estimate of drug-likeness (QED) is 0.443. The first kappa shape index (κ1) is 20.8. The molecule has 0 aliphatic carbocycles. The monoisotopic (exact) mass is 426 g/mol. The summed E-state index contributed by atoms with van der Waals surface area (Å²) in [6.45, 7) is 1.57. The fraction of sp³-hybridized carbons (Fsp3) is 0.0500. The van der Waals surface area contributed by atoms with Crippen molar-refractivity contribution in [2.24, 2.45) is 0 Å². The number of nitro benzene ring substituents is 1. The molecule has 2 N–H and O–H groups in total. The van der Waals surface area contributed by atoms with Crippen LogP contribution in [0.4, 0.5) is 27.1 Å². The van der Waals surface area contributed by atoms with Gasteiger partial charge in [-0.2, -0.15) is 5.26 Å². The molecule has 0 bridgehead atoms. The van der Waals surface area contributed by atoms with Crippen LogP contribution in [0.5, 0.6) is 0 Å². The molecule has 30 heavy (non-hydrogen) atoms. The van der Waals surface area contributed by atoms with E-state index in [1.807, 2.05) is 6.07 Å². The minimum Gasteiger partial charge on any atom is -0.350 e. The number of aryl methyl sites for hydroxylation is 1. The van der Waals surface area contributed by atoms with Gasteiger partial charge in [-0.1, -0.05) is 18.2 Å². The van der Waals surface area contributed by atoms with E-state index in [0.717, 1.165) is 12.1 Å². The van der Waals surface area contributed by atoms with Crippen molar-refractivity contribution in [1.29, 1.82) is 5.26 Å². The summed E-state index contributed by atoms with van der Waals surface area (Å²) in [5, 5.41) is 23.0. The van der Waals surface area contributed by atoms with E-state index in [4.69, 9.17) is 5.26 Å². The summed E-state index contributed by atoms with van der Waals surface area (Å²) in [5.41, 5.74) is 0.351. The number of nitriles is 1. The third-order valence-electron chi connectivity index (χ3n) is 4.20. The SMILES string of the molecule is Cc1ccc(Nc2ccc(C#N)cc2[N+](=O)[O-])cc1S(=O)(=O)Nc1ccccc1F. The summed E-state index contributed by atoms with van der Waals surface area (Å²) >= 11 is 0. The number of nitrogens with zero attached hydrogens (tertiary/aromatic N) is 2. The Morgan fingerprint density at radius 3 is 2.47 bits per heavy atom. The second-order valence-corrected chi connectivity index (χ2v) is 7.94. The van der Waals surface area contributed by atoms with Gasteiger partial charge >= 0.3 is 0 Å². The minimum atomic E-state index is -4.13. The standard InChI is InChI=1S/C20H15FN4O4S/c1-13-6-8-15(23-18-9-7-14(12-22)10-19(18)25(26)27)11-20(13)30(28,29)24-17-5-3-2-4-16(17)21/h2-11,23-24H,1H3. The summed E-state index contributed by atoms with van der Waals surface area (Å²) in [5.74, 6) is -0.721. The van der Waals surface area contributed by atoms with E-state index in [1.54, 1.807) is 13.0 Å². The van der Waals surface area contributed by atoms with Crippen LogP contribution in [-0.2, 0) is 10.0 Å². The van der Waals surface area contributed by atoms with Crippen LogP contribution < -0.4 is 10.0 Å². The normalized spacial score (nSPS) is 10.8. The summed E-state index contributed by atoms with van der Waals surface area (Å²) in [6.07, 6.45) is 0. The van der Waals surface area contributed by atoms with Gasteiger partial charge in [0, 0.05) is 11.8 Å². The van der Waals surface area contributed by atoms with E-state index < -0.39 is 20.8 Å². The number of hydrogen-bond donors (Lipinski definition) is 2. The molecule has 0 heterocycles. The third kappa shape index (κ3) is 4.37. The van der Waals surface area contributed by atoms with Crippen molar-refractivity contribution in [3.8, 4) is 6.07 Å². The maximum absolute atomic E-state index is 13.9. The van der Waals surface area contributed by atoms with E-state index >= 15 is 0 Å². The molecule has 0 fully saturated rings. The van der Waals surface area contributed by atoms with Crippen LogP contribution in [0.2, 0.25) is 0 Å². The second kappa shape index (κ2) is 8.18. The van der Waals surface area contributed by atoms with E-state index in [1.165, 1.54) is 42.5 Å². The molecule has 0 aliphatic rings. The van der Waals surface area contributed by atoms with Gasteiger partial charge in [0.05, 0.1) is 27.1 Å². The van der Waals surface area contributed by atoms with Crippen molar-refractivity contribution in [2.75, 3.05) is 10.0 Å². The Hall–Kier alpha value is -3.97. The van der Waals surface area contributed by atoms with Gasteiger partial charge in [0.25, 0.3) is 15.7 Å². The Labute approximate surface area is 171 Å². The summed E-state index contributed by atoms with van der Waals surface area (Å²) in [4.78, 5) is 10.5. The van der Waals surface area contributed by atoms with E-state index in [0.29, 0.717) is 5.56 Å². The minimum absolute atomic E-state index is 0.0910. The van der Waals surface area contributed by atoms with Crippen molar-refractivity contribution in [2.45, 2.75) is 11.8 Å². The zero-order valence-corrected chi connectivity index (χ0v) is 16.4. The van der Waals surface area contributed by atoms with Gasteiger partial charge in [-0.25, -0.2) is 12.8 Å². The molecule has 0 saturated carbocycles. The van der Waals surface area contributed by atoms with Crippen molar-refractivity contribution in [3.05, 3.63) is 87.7 Å². The van der Waals surface area contributed by atoms with Gasteiger partial charge in [0.1, 0.15) is 11.5 Å². The summed E-state index contributed by atoms with van der Waals surface area (Å²) in [7, 11) is -4.13. The number of para-hydroxylation sites is 1. The molecule has 0 radical (unpaired) electrons. The summed E-state index contributed by atoms with van der Waals surface area (Å²) < 4.78 is 41.6. The highest BCUT2D eigenvalue weighted by Gasteiger charge is 2.20. The van der Waals surface area contributed by atoms with Crippen molar-refractivity contribution in [1.82, 2.24) is 0 Å². The molecule has 8 nitrogen and oxygen atoms in total. The van der Waals surface area contributed by atoms with Crippen molar-refractivity contribution >= 4 is 32.8 Å². The van der Waals surface area contributed by atoms with Crippen LogP contribution in [0.25, 0.3) is 0 Å². The largest absolute Gasteiger partial charge is 0.350 e. The molecule has 0 spiro atoms. The predicted molar refractivity (Wildman–Crippen MR) is 109 cm³/mol. The smallest absolute Gasteiger partial charge is 0.293 e. The Balaban J connectivity index is 1.98. The Bertz CT molecular complexity index is 1290. The number of benzene rings is 3. The molecule has 0 amide bonds. The number of rotatable bonds is 6. The van der Waals surface area contributed by atoms with E-state index in [-0.39, 0.29) is 33.2 Å². The summed E-state index contributed by atoms with van der Waals surface area (Å²) in [6, 6.07) is 15.4. The van der Waals surface area contributed by atoms with Crippen LogP contribution in [0, 0.1) is 34.2 Å². The molecular weight excluding hydrogens is 411 g/mol. The van der Waals surface area contributed by atoms with Gasteiger partial charge < -0.3 is 5.32 Å². The van der Waals surface area contributed by atoms with Crippen LogP contribution in [-0.4, -0.2) is 13.3 Å². The Morgan fingerprint density at radius 2 is 1.80 bits per heavy atom. The Kier molecular flexibility index (Phi) is 5.66. The van der Waals surface area contributed by atoms with Crippen LogP contribution in [0.15, 0.2) is 65.6 Å². The molecule has 3 aromatic carbocycles. The molecule has 152 valence electrons. The lowest BCUT2D eigenvalue weighted by atomic mass is 10.1. The first-order chi connectivity index (χ1) is 14.2. The third-order valence-corrected chi connectivity index (χ3v) is 5.71. The van der Waals surface area contributed by atoms with Gasteiger partial charge in [-0.15, -0.1) is 0 Å². The molecule has 3 aromatic rings. The molecule has 0 atom stereocenters.